The van der Waals surface area contributed by atoms with Crippen molar-refractivity contribution in [2.45, 2.75) is 77.6 Å². The van der Waals surface area contributed by atoms with Crippen molar-refractivity contribution in [3.05, 3.63) is 64.2 Å². The number of carbonyl (C=O) groups excluding carboxylic acids is 3. The van der Waals surface area contributed by atoms with Crippen molar-refractivity contribution < 1.29 is 50.2 Å². The average Bonchev–Trinajstić information content (AvgIpc) is 2.75. The minimum Gasteiger partial charge on any atom is -0.458 e. The van der Waals surface area contributed by atoms with Crippen LogP contribution >= 0.6 is 0 Å². The zero-order chi connectivity index (χ0) is 30.8. The van der Waals surface area contributed by atoms with Crippen LogP contribution in [0.15, 0.2) is 36.4 Å². The summed E-state index contributed by atoms with van der Waals surface area (Å²) in [7, 11) is 0. The van der Waals surface area contributed by atoms with Crippen LogP contribution < -0.4 is 11.1 Å². The van der Waals surface area contributed by atoms with Gasteiger partial charge < -0.3 is 20.5 Å². The van der Waals surface area contributed by atoms with E-state index in [0.717, 1.165) is 12.1 Å². The zero-order valence-electron chi connectivity index (χ0n) is 22.6. The Balaban J connectivity index is 2.50. The Morgan fingerprint density at radius 2 is 1.27 bits per heavy atom. The number of nitrogens with two attached hydrogens (primary N) is 1. The molecule has 0 heterocycles. The highest BCUT2D eigenvalue weighted by Crippen LogP contribution is 2.37. The number of esters is 1. The average molecular weight is 577 g/mol. The van der Waals surface area contributed by atoms with Gasteiger partial charge in [-0.05, 0) is 83.5 Å². The molecule has 7 nitrogen and oxygen atoms in total. The molecule has 0 aromatic heterocycles. The molecule has 3 N–H and O–H groups in total. The van der Waals surface area contributed by atoms with E-state index in [2.05, 4.69) is 5.32 Å². The second kappa shape index (κ2) is 11.4. The summed E-state index contributed by atoms with van der Waals surface area (Å²) in [4.78, 5) is 38.3. The van der Waals surface area contributed by atoms with Crippen LogP contribution in [0.2, 0.25) is 0 Å². The van der Waals surface area contributed by atoms with E-state index >= 15 is 0 Å². The topological polar surface area (TPSA) is 108 Å². The Kier molecular flexibility index (Phi) is 9.23. The highest BCUT2D eigenvalue weighted by Gasteiger charge is 2.38. The summed E-state index contributed by atoms with van der Waals surface area (Å²) >= 11 is 0. The predicted molar refractivity (Wildman–Crippen MR) is 133 cm³/mol. The molecule has 0 saturated carbocycles. The third-order valence-electron chi connectivity index (χ3n) is 5.06. The van der Waals surface area contributed by atoms with Crippen molar-refractivity contribution in [1.82, 2.24) is 5.32 Å². The number of hydrogen-bond acceptors (Lipinski definition) is 6. The highest BCUT2D eigenvalue weighted by atomic mass is 19.4. The lowest BCUT2D eigenvalue weighted by Gasteiger charge is -2.26. The normalized spacial score (nSPS) is 13.4. The Labute approximate surface area is 227 Å². The maximum atomic E-state index is 13.3. The van der Waals surface area contributed by atoms with Crippen molar-refractivity contribution in [1.29, 1.82) is 0 Å². The van der Waals surface area contributed by atoms with Gasteiger partial charge in [0.15, 0.2) is 5.78 Å². The van der Waals surface area contributed by atoms with Gasteiger partial charge in [0.1, 0.15) is 17.2 Å². The van der Waals surface area contributed by atoms with E-state index in [-0.39, 0.29) is 29.3 Å². The number of nitrogens with one attached hydrogen (secondary N) is 1. The first kappa shape index (κ1) is 32.4. The first-order valence-electron chi connectivity index (χ1n) is 11.9. The summed E-state index contributed by atoms with van der Waals surface area (Å²) in [6.45, 7) is 9.56. The molecule has 1 unspecified atom stereocenters. The number of halogens is 6. The van der Waals surface area contributed by atoms with Crippen LogP contribution in [0.4, 0.5) is 36.8 Å². The number of alkyl carbamates (subject to hydrolysis) is 1. The van der Waals surface area contributed by atoms with E-state index in [1.807, 2.05) is 0 Å². The molecule has 0 aliphatic heterocycles. The van der Waals surface area contributed by atoms with Gasteiger partial charge >= 0.3 is 24.4 Å². The molecule has 0 saturated heterocycles. The number of rotatable bonds is 6. The molecule has 0 bridgehead atoms. The molecule has 2 aromatic carbocycles. The molecule has 0 spiro atoms. The monoisotopic (exact) mass is 576 g/mol. The molecular weight excluding hydrogens is 546 g/mol. The fourth-order valence-electron chi connectivity index (χ4n) is 3.41. The number of benzene rings is 2. The SMILES string of the molecule is CC(C)(C)OC(=O)NC(Cc1cc(C(=O)c2cc(C(F)(F)F)cc(C(F)(F)F)c2)ccc1N)C(=O)OC(C)(C)C. The smallest absolute Gasteiger partial charge is 0.416 e. The summed E-state index contributed by atoms with van der Waals surface area (Å²) in [5, 5.41) is 2.37. The fraction of sp³-hybridized carbons (Fsp3) is 0.444. The van der Waals surface area contributed by atoms with Gasteiger partial charge in [-0.25, -0.2) is 9.59 Å². The molecule has 0 aliphatic rings. The second-order valence-corrected chi connectivity index (χ2v) is 11.0. The number of ether oxygens (including phenoxy) is 2. The molecule has 0 fully saturated rings. The van der Waals surface area contributed by atoms with E-state index in [9.17, 15) is 40.7 Å². The summed E-state index contributed by atoms with van der Waals surface area (Å²) < 4.78 is 90.2. The van der Waals surface area contributed by atoms with Gasteiger partial charge in [0, 0.05) is 23.2 Å². The van der Waals surface area contributed by atoms with Crippen molar-refractivity contribution in [2.24, 2.45) is 0 Å². The van der Waals surface area contributed by atoms with Crippen LogP contribution in [0.3, 0.4) is 0 Å². The third kappa shape index (κ3) is 9.45. The van der Waals surface area contributed by atoms with Crippen molar-refractivity contribution in [3.63, 3.8) is 0 Å². The zero-order valence-corrected chi connectivity index (χ0v) is 22.6. The molecule has 0 aliphatic carbocycles. The Morgan fingerprint density at radius 1 is 0.775 bits per heavy atom. The van der Waals surface area contributed by atoms with Crippen LogP contribution in [-0.2, 0) is 33.0 Å². The number of alkyl halides is 6. The number of anilines is 1. The molecule has 40 heavy (non-hydrogen) atoms. The molecule has 13 heteroatoms. The van der Waals surface area contributed by atoms with Crippen LogP contribution in [0.5, 0.6) is 0 Å². The number of carbonyl (C=O) groups is 3. The van der Waals surface area contributed by atoms with Crippen LogP contribution in [0.1, 0.15) is 74.2 Å². The van der Waals surface area contributed by atoms with Crippen LogP contribution in [0.25, 0.3) is 0 Å². The predicted octanol–water partition coefficient (Wildman–Crippen LogP) is 6.31. The van der Waals surface area contributed by atoms with Gasteiger partial charge in [0.05, 0.1) is 11.1 Å². The van der Waals surface area contributed by atoms with Crippen molar-refractivity contribution in [3.8, 4) is 0 Å². The molecule has 220 valence electrons. The standard InChI is InChI=1S/C27H30F6N2O5/c1-24(2,3)39-22(37)20(35-23(38)40-25(4,5)6)12-15-9-14(7-8-19(15)34)21(36)16-10-17(26(28,29)30)13-18(11-16)27(31,32)33/h7-11,13,20H,12,34H2,1-6H3,(H,35,38). The largest absolute Gasteiger partial charge is 0.458 e. The first-order chi connectivity index (χ1) is 18.0. The van der Waals surface area contributed by atoms with E-state index in [0.29, 0.717) is 12.1 Å². The van der Waals surface area contributed by atoms with E-state index in [1.54, 1.807) is 41.5 Å². The first-order valence-corrected chi connectivity index (χ1v) is 11.9. The molecule has 2 aromatic rings. The lowest BCUT2D eigenvalue weighted by molar-refractivity contribution is -0.157. The molecule has 1 atom stereocenters. The lowest BCUT2D eigenvalue weighted by Crippen LogP contribution is -2.47. The van der Waals surface area contributed by atoms with E-state index < -0.39 is 64.1 Å². The summed E-state index contributed by atoms with van der Waals surface area (Å²) in [6.07, 6.45) is -11.6. The lowest BCUT2D eigenvalue weighted by atomic mass is 9.95. The summed E-state index contributed by atoms with van der Waals surface area (Å²) in [6, 6.07) is 2.65. The fourth-order valence-corrected chi connectivity index (χ4v) is 3.41. The Bertz CT molecular complexity index is 1240. The maximum Gasteiger partial charge on any atom is 0.416 e. The highest BCUT2D eigenvalue weighted by molar-refractivity contribution is 6.09. The second-order valence-electron chi connectivity index (χ2n) is 11.0. The van der Waals surface area contributed by atoms with Gasteiger partial charge in [-0.1, -0.05) is 0 Å². The molecule has 1 amide bonds. The quantitative estimate of drug-likeness (QED) is 0.181. The van der Waals surface area contributed by atoms with Crippen LogP contribution in [0, 0.1) is 0 Å². The number of nitrogen functional groups attached to an aromatic ring is 1. The number of amides is 1. The van der Waals surface area contributed by atoms with Gasteiger partial charge in [-0.15, -0.1) is 0 Å². The van der Waals surface area contributed by atoms with E-state index in [4.69, 9.17) is 15.2 Å². The molecule has 0 radical (unpaired) electrons. The third-order valence-corrected chi connectivity index (χ3v) is 5.06. The number of ketones is 1. The maximum absolute atomic E-state index is 13.3. The van der Waals surface area contributed by atoms with E-state index in [1.165, 1.54) is 6.07 Å². The number of hydrogen-bond donors (Lipinski definition) is 2. The van der Waals surface area contributed by atoms with Gasteiger partial charge in [0.25, 0.3) is 0 Å². The minimum absolute atomic E-state index is 0.0381. The summed E-state index contributed by atoms with van der Waals surface area (Å²) in [5.41, 5.74) is -0.168. The minimum atomic E-state index is -5.14. The van der Waals surface area contributed by atoms with Crippen molar-refractivity contribution >= 4 is 23.5 Å². The Hall–Kier alpha value is -3.77. The molecule has 2 rings (SSSR count). The van der Waals surface area contributed by atoms with Gasteiger partial charge in [-0.2, -0.15) is 26.3 Å². The van der Waals surface area contributed by atoms with Crippen LogP contribution in [-0.4, -0.2) is 35.1 Å². The van der Waals surface area contributed by atoms with Gasteiger partial charge in [-0.3, -0.25) is 4.79 Å². The van der Waals surface area contributed by atoms with Gasteiger partial charge in [0.2, 0.25) is 0 Å². The molecular formula is C27H30F6N2O5. The Morgan fingerprint density at radius 3 is 1.73 bits per heavy atom. The summed E-state index contributed by atoms with van der Waals surface area (Å²) in [5.74, 6) is -2.02. The van der Waals surface area contributed by atoms with Crippen molar-refractivity contribution in [2.75, 3.05) is 5.73 Å².